The van der Waals surface area contributed by atoms with E-state index in [0.29, 0.717) is 6.04 Å². The van der Waals surface area contributed by atoms with Crippen LogP contribution in [0.4, 0.5) is 0 Å². The first-order chi connectivity index (χ1) is 7.08. The normalized spacial score (nSPS) is 37.0. The zero-order valence-electron chi connectivity index (χ0n) is 10.0. The molecule has 1 saturated heterocycles. The molecule has 2 unspecified atom stereocenters. The van der Waals surface area contributed by atoms with Gasteiger partial charge < -0.3 is 10.5 Å². The molecule has 1 aliphatic heterocycles. The van der Waals surface area contributed by atoms with Gasteiger partial charge >= 0.3 is 0 Å². The van der Waals surface area contributed by atoms with Gasteiger partial charge in [0.05, 0.1) is 13.2 Å². The van der Waals surface area contributed by atoms with E-state index in [2.05, 4.69) is 18.7 Å². The van der Waals surface area contributed by atoms with Crippen LogP contribution in [0.2, 0.25) is 0 Å². The summed E-state index contributed by atoms with van der Waals surface area (Å²) in [7, 11) is 0. The summed E-state index contributed by atoms with van der Waals surface area (Å²) < 4.78 is 5.53. The van der Waals surface area contributed by atoms with Crippen molar-refractivity contribution in [3.63, 3.8) is 0 Å². The topological polar surface area (TPSA) is 38.5 Å². The maximum Gasteiger partial charge on any atom is 0.0645 e. The highest BCUT2D eigenvalue weighted by Crippen LogP contribution is 2.28. The molecular weight excluding hydrogens is 188 g/mol. The van der Waals surface area contributed by atoms with Crippen LogP contribution in [0.25, 0.3) is 0 Å². The van der Waals surface area contributed by atoms with Gasteiger partial charge in [0.2, 0.25) is 0 Å². The van der Waals surface area contributed by atoms with Gasteiger partial charge in [-0.1, -0.05) is 0 Å². The number of morpholine rings is 1. The summed E-state index contributed by atoms with van der Waals surface area (Å²) >= 11 is 0. The Morgan fingerprint density at radius 1 is 1.40 bits per heavy atom. The van der Waals surface area contributed by atoms with Crippen LogP contribution in [0.3, 0.4) is 0 Å². The SMILES string of the molecule is CC1(C)COCCN1CC1CCC(N)C1. The number of nitrogens with two attached hydrogens (primary N) is 1. The summed E-state index contributed by atoms with van der Waals surface area (Å²) in [5.41, 5.74) is 6.17. The Hall–Kier alpha value is -0.120. The van der Waals surface area contributed by atoms with Gasteiger partial charge in [-0.25, -0.2) is 0 Å². The molecule has 0 radical (unpaired) electrons. The fourth-order valence-electron chi connectivity index (χ4n) is 2.82. The Morgan fingerprint density at radius 3 is 2.80 bits per heavy atom. The number of hydrogen-bond acceptors (Lipinski definition) is 3. The molecule has 2 atom stereocenters. The number of rotatable bonds is 2. The number of hydrogen-bond donors (Lipinski definition) is 1. The molecule has 1 heterocycles. The molecule has 0 aromatic carbocycles. The molecular formula is C12H24N2O. The Kier molecular flexibility index (Phi) is 3.33. The van der Waals surface area contributed by atoms with Crippen molar-refractivity contribution in [1.82, 2.24) is 4.90 Å². The third-order valence-electron chi connectivity index (χ3n) is 3.88. The van der Waals surface area contributed by atoms with E-state index in [-0.39, 0.29) is 5.54 Å². The Morgan fingerprint density at radius 2 is 2.20 bits per heavy atom. The zero-order valence-corrected chi connectivity index (χ0v) is 10.0. The molecule has 0 aromatic rings. The van der Waals surface area contributed by atoms with Crippen LogP contribution >= 0.6 is 0 Å². The lowest BCUT2D eigenvalue weighted by Crippen LogP contribution is -2.54. The second kappa shape index (κ2) is 4.40. The summed E-state index contributed by atoms with van der Waals surface area (Å²) in [6.07, 6.45) is 3.75. The highest BCUT2D eigenvalue weighted by Gasteiger charge is 2.33. The van der Waals surface area contributed by atoms with Crippen molar-refractivity contribution < 1.29 is 4.74 Å². The van der Waals surface area contributed by atoms with Crippen LogP contribution in [0.1, 0.15) is 33.1 Å². The summed E-state index contributed by atoms with van der Waals surface area (Å²) in [5.74, 6) is 0.817. The van der Waals surface area contributed by atoms with E-state index < -0.39 is 0 Å². The smallest absolute Gasteiger partial charge is 0.0645 e. The lowest BCUT2D eigenvalue weighted by molar-refractivity contribution is -0.0568. The Bertz CT molecular complexity index is 218. The summed E-state index contributed by atoms with van der Waals surface area (Å²) in [6.45, 7) is 8.61. The lowest BCUT2D eigenvalue weighted by atomic mass is 9.99. The zero-order chi connectivity index (χ0) is 10.9. The van der Waals surface area contributed by atoms with Crippen molar-refractivity contribution >= 4 is 0 Å². The maximum atomic E-state index is 5.95. The third kappa shape index (κ3) is 2.71. The maximum absolute atomic E-state index is 5.95. The third-order valence-corrected chi connectivity index (χ3v) is 3.88. The molecule has 0 bridgehead atoms. The van der Waals surface area contributed by atoms with Crippen LogP contribution < -0.4 is 5.73 Å². The fourth-order valence-corrected chi connectivity index (χ4v) is 2.82. The molecule has 0 aromatic heterocycles. The van der Waals surface area contributed by atoms with Crippen LogP contribution in [0, 0.1) is 5.92 Å². The van der Waals surface area contributed by atoms with Gasteiger partial charge in [-0.05, 0) is 39.0 Å². The molecule has 0 amide bonds. The molecule has 3 nitrogen and oxygen atoms in total. The average Bonchev–Trinajstić information content (AvgIpc) is 2.55. The minimum atomic E-state index is 0.213. The van der Waals surface area contributed by atoms with Gasteiger partial charge in [0.25, 0.3) is 0 Å². The minimum absolute atomic E-state index is 0.213. The van der Waals surface area contributed by atoms with E-state index in [4.69, 9.17) is 10.5 Å². The Labute approximate surface area is 93.0 Å². The van der Waals surface area contributed by atoms with Crippen molar-refractivity contribution in [3.8, 4) is 0 Å². The molecule has 88 valence electrons. The van der Waals surface area contributed by atoms with Crippen LogP contribution in [-0.2, 0) is 4.74 Å². The minimum Gasteiger partial charge on any atom is -0.378 e. The predicted octanol–water partition coefficient (Wildman–Crippen LogP) is 1.22. The van der Waals surface area contributed by atoms with Gasteiger partial charge in [0.1, 0.15) is 0 Å². The standard InChI is InChI=1S/C12H24N2O/c1-12(2)9-15-6-5-14(12)8-10-3-4-11(13)7-10/h10-11H,3-9,13H2,1-2H3. The lowest BCUT2D eigenvalue weighted by Gasteiger charge is -2.43. The molecule has 0 spiro atoms. The summed E-state index contributed by atoms with van der Waals surface area (Å²) in [6, 6.07) is 0.458. The molecule has 1 saturated carbocycles. The fraction of sp³-hybridized carbons (Fsp3) is 1.00. The van der Waals surface area contributed by atoms with E-state index in [9.17, 15) is 0 Å². The second-order valence-corrected chi connectivity index (χ2v) is 5.75. The van der Waals surface area contributed by atoms with Gasteiger partial charge in [0.15, 0.2) is 0 Å². The van der Waals surface area contributed by atoms with Crippen molar-refractivity contribution in [2.24, 2.45) is 11.7 Å². The molecule has 1 aliphatic carbocycles. The molecule has 2 fully saturated rings. The van der Waals surface area contributed by atoms with E-state index in [1.54, 1.807) is 0 Å². The second-order valence-electron chi connectivity index (χ2n) is 5.75. The first-order valence-corrected chi connectivity index (χ1v) is 6.16. The monoisotopic (exact) mass is 212 g/mol. The molecule has 2 aliphatic rings. The van der Waals surface area contributed by atoms with E-state index >= 15 is 0 Å². The van der Waals surface area contributed by atoms with E-state index in [1.807, 2.05) is 0 Å². The summed E-state index contributed by atoms with van der Waals surface area (Å²) in [5, 5.41) is 0. The summed E-state index contributed by atoms with van der Waals surface area (Å²) in [4.78, 5) is 2.58. The molecule has 15 heavy (non-hydrogen) atoms. The number of nitrogens with zero attached hydrogens (tertiary/aromatic N) is 1. The quantitative estimate of drug-likeness (QED) is 0.748. The first kappa shape index (κ1) is 11.4. The van der Waals surface area contributed by atoms with Crippen molar-refractivity contribution in [3.05, 3.63) is 0 Å². The van der Waals surface area contributed by atoms with E-state index in [0.717, 1.165) is 25.7 Å². The van der Waals surface area contributed by atoms with Crippen molar-refractivity contribution in [1.29, 1.82) is 0 Å². The van der Waals surface area contributed by atoms with Gasteiger partial charge in [-0.3, -0.25) is 4.90 Å². The van der Waals surface area contributed by atoms with Crippen LogP contribution in [0.15, 0.2) is 0 Å². The molecule has 3 heteroatoms. The number of ether oxygens (including phenoxy) is 1. The average molecular weight is 212 g/mol. The van der Waals surface area contributed by atoms with Gasteiger partial charge in [-0.15, -0.1) is 0 Å². The van der Waals surface area contributed by atoms with Crippen LogP contribution in [-0.4, -0.2) is 42.8 Å². The molecule has 2 N–H and O–H groups in total. The van der Waals surface area contributed by atoms with Crippen LogP contribution in [0.5, 0.6) is 0 Å². The highest BCUT2D eigenvalue weighted by atomic mass is 16.5. The van der Waals surface area contributed by atoms with Gasteiger partial charge in [-0.2, -0.15) is 0 Å². The van der Waals surface area contributed by atoms with E-state index in [1.165, 1.54) is 25.8 Å². The predicted molar refractivity (Wildman–Crippen MR) is 61.8 cm³/mol. The Balaban J connectivity index is 1.87. The van der Waals surface area contributed by atoms with Crippen molar-refractivity contribution in [2.75, 3.05) is 26.3 Å². The van der Waals surface area contributed by atoms with Crippen molar-refractivity contribution in [2.45, 2.75) is 44.7 Å². The molecule has 2 rings (SSSR count). The van der Waals surface area contributed by atoms with Gasteiger partial charge in [0, 0.05) is 24.7 Å². The first-order valence-electron chi connectivity index (χ1n) is 6.16. The highest BCUT2D eigenvalue weighted by molar-refractivity contribution is 4.88. The largest absolute Gasteiger partial charge is 0.378 e.